The van der Waals surface area contributed by atoms with Crippen molar-refractivity contribution >= 4 is 11.9 Å². The van der Waals surface area contributed by atoms with Gasteiger partial charge in [-0.1, -0.05) is 12.1 Å². The zero-order chi connectivity index (χ0) is 17.9. The minimum atomic E-state index is 0.566. The van der Waals surface area contributed by atoms with Crippen LogP contribution in [-0.4, -0.2) is 57.2 Å². The van der Waals surface area contributed by atoms with Crippen LogP contribution in [0.3, 0.4) is 0 Å². The molecule has 0 atom stereocenters. The Balaban J connectivity index is 1.52. The molecule has 3 heterocycles. The van der Waals surface area contributed by atoms with Gasteiger partial charge in [0.2, 0.25) is 0 Å². The van der Waals surface area contributed by atoms with Crippen LogP contribution >= 0.6 is 0 Å². The molecule has 8 heteroatoms. The Labute approximate surface area is 151 Å². The van der Waals surface area contributed by atoms with Crippen LogP contribution in [0.2, 0.25) is 0 Å². The van der Waals surface area contributed by atoms with Crippen LogP contribution in [0.5, 0.6) is 0 Å². The highest BCUT2D eigenvalue weighted by atomic mass is 16.5. The summed E-state index contributed by atoms with van der Waals surface area (Å²) >= 11 is 0. The Morgan fingerprint density at radius 2 is 1.88 bits per heavy atom. The summed E-state index contributed by atoms with van der Waals surface area (Å²) in [5.41, 5.74) is 4.13. The molecule has 1 aromatic carbocycles. The quantitative estimate of drug-likeness (QED) is 0.670. The molecule has 26 heavy (non-hydrogen) atoms. The first-order chi connectivity index (χ1) is 12.7. The summed E-state index contributed by atoms with van der Waals surface area (Å²) in [6.45, 7) is 7.36. The minimum absolute atomic E-state index is 0.566. The molecule has 134 valence electrons. The van der Waals surface area contributed by atoms with Crippen LogP contribution in [0, 0.1) is 13.8 Å². The predicted octanol–water partition coefficient (Wildman–Crippen LogP) is 1.80. The van der Waals surface area contributed by atoms with Gasteiger partial charge in [0.15, 0.2) is 0 Å². The fraction of sp³-hybridized carbons (Fsp3) is 0.333. The van der Waals surface area contributed by atoms with E-state index in [9.17, 15) is 0 Å². The topological polar surface area (TPSA) is 73.4 Å². The average Bonchev–Trinajstić information content (AvgIpc) is 3.26. The van der Waals surface area contributed by atoms with Crippen LogP contribution in [0.15, 0.2) is 41.8 Å². The molecule has 1 aliphatic heterocycles. The van der Waals surface area contributed by atoms with Gasteiger partial charge in [0.1, 0.15) is 6.33 Å². The van der Waals surface area contributed by atoms with E-state index in [2.05, 4.69) is 49.6 Å². The number of rotatable bonds is 4. The van der Waals surface area contributed by atoms with E-state index in [-0.39, 0.29) is 0 Å². The highest BCUT2D eigenvalue weighted by Gasteiger charge is 2.11. The third-order valence-corrected chi connectivity index (χ3v) is 4.31. The molecular formula is C18H21N7O. The first kappa shape index (κ1) is 16.5. The molecule has 1 aliphatic rings. The molecular weight excluding hydrogens is 330 g/mol. The van der Waals surface area contributed by atoms with Crippen molar-refractivity contribution in [3.8, 4) is 5.95 Å². The number of aromatic nitrogens is 5. The van der Waals surface area contributed by atoms with Gasteiger partial charge in [0.05, 0.1) is 25.1 Å². The average molecular weight is 351 g/mol. The number of aryl methyl sites for hydroxylation is 2. The summed E-state index contributed by atoms with van der Waals surface area (Å²) in [4.78, 5) is 2.32. The predicted molar refractivity (Wildman–Crippen MR) is 99.1 cm³/mol. The molecule has 4 rings (SSSR count). The summed E-state index contributed by atoms with van der Waals surface area (Å²) < 4.78 is 8.76. The number of nitrogens with zero attached hydrogens (tertiary/aromatic N) is 7. The number of morpholine rings is 1. The lowest BCUT2D eigenvalue weighted by Crippen LogP contribution is -2.36. The van der Waals surface area contributed by atoms with Crippen LogP contribution < -0.4 is 4.90 Å². The number of benzene rings is 1. The van der Waals surface area contributed by atoms with E-state index in [0.29, 0.717) is 5.95 Å². The Bertz CT molecular complexity index is 904. The van der Waals surface area contributed by atoms with Crippen molar-refractivity contribution in [2.45, 2.75) is 13.8 Å². The smallest absolute Gasteiger partial charge is 0.273 e. The van der Waals surface area contributed by atoms with E-state index in [1.807, 2.05) is 19.9 Å². The molecule has 0 radical (unpaired) electrons. The van der Waals surface area contributed by atoms with Crippen molar-refractivity contribution in [2.24, 2.45) is 5.10 Å². The van der Waals surface area contributed by atoms with Crippen molar-refractivity contribution < 1.29 is 4.74 Å². The maximum Gasteiger partial charge on any atom is 0.273 e. The Morgan fingerprint density at radius 3 is 2.58 bits per heavy atom. The van der Waals surface area contributed by atoms with Crippen molar-refractivity contribution in [2.75, 3.05) is 31.2 Å². The summed E-state index contributed by atoms with van der Waals surface area (Å²) in [7, 11) is 0. The maximum atomic E-state index is 5.40. The zero-order valence-corrected chi connectivity index (χ0v) is 14.9. The van der Waals surface area contributed by atoms with E-state index in [4.69, 9.17) is 4.74 Å². The molecule has 0 unspecified atom stereocenters. The number of ether oxygens (including phenoxy) is 1. The second kappa shape index (κ2) is 7.09. The van der Waals surface area contributed by atoms with Crippen molar-refractivity contribution in [3.05, 3.63) is 53.6 Å². The molecule has 0 saturated carbocycles. The largest absolute Gasteiger partial charge is 0.378 e. The van der Waals surface area contributed by atoms with Gasteiger partial charge in [-0.05, 0) is 37.6 Å². The van der Waals surface area contributed by atoms with Crippen LogP contribution in [0.4, 0.5) is 5.69 Å². The van der Waals surface area contributed by atoms with Crippen LogP contribution in [-0.2, 0) is 4.74 Å². The third-order valence-electron chi connectivity index (χ3n) is 4.31. The first-order valence-corrected chi connectivity index (χ1v) is 8.61. The van der Waals surface area contributed by atoms with Crippen LogP contribution in [0.25, 0.3) is 5.95 Å². The molecule has 8 nitrogen and oxygen atoms in total. The lowest BCUT2D eigenvalue weighted by molar-refractivity contribution is 0.122. The Morgan fingerprint density at radius 1 is 1.12 bits per heavy atom. The highest BCUT2D eigenvalue weighted by Crippen LogP contribution is 2.16. The second-order valence-corrected chi connectivity index (χ2v) is 6.25. The van der Waals surface area contributed by atoms with Gasteiger partial charge in [-0.25, -0.2) is 4.68 Å². The molecule has 3 aromatic rings. The van der Waals surface area contributed by atoms with Gasteiger partial charge in [0, 0.05) is 24.5 Å². The van der Waals surface area contributed by atoms with Crippen molar-refractivity contribution in [1.29, 1.82) is 0 Å². The van der Waals surface area contributed by atoms with Gasteiger partial charge >= 0.3 is 0 Å². The normalized spacial score (nSPS) is 15.1. The molecule has 0 aliphatic carbocycles. The first-order valence-electron chi connectivity index (χ1n) is 8.61. The van der Waals surface area contributed by atoms with E-state index >= 15 is 0 Å². The van der Waals surface area contributed by atoms with Gasteiger partial charge in [-0.3, -0.25) is 0 Å². The zero-order valence-electron chi connectivity index (χ0n) is 14.9. The van der Waals surface area contributed by atoms with Crippen molar-refractivity contribution in [1.82, 2.24) is 24.7 Å². The lowest BCUT2D eigenvalue weighted by Gasteiger charge is -2.28. The summed E-state index contributed by atoms with van der Waals surface area (Å²) in [5, 5.41) is 17.0. The second-order valence-electron chi connectivity index (χ2n) is 6.25. The van der Waals surface area contributed by atoms with E-state index < -0.39 is 0 Å². The van der Waals surface area contributed by atoms with Gasteiger partial charge in [0.25, 0.3) is 5.95 Å². The molecule has 0 amide bonds. The molecule has 1 saturated heterocycles. The number of hydrogen-bond acceptors (Lipinski definition) is 6. The molecule has 0 spiro atoms. The maximum absolute atomic E-state index is 5.40. The standard InChI is InChI=1S/C18H21N7O/c1-14-11-15(2)25(22-14)18-21-19-13-24(18)20-12-16-3-5-17(6-4-16)23-7-9-26-10-8-23/h3-6,11-13H,7-10H2,1-2H3/b20-12-. The van der Waals surface area contributed by atoms with E-state index in [1.54, 1.807) is 21.9 Å². The summed E-state index contributed by atoms with van der Waals surface area (Å²) in [6.07, 6.45) is 3.37. The monoisotopic (exact) mass is 351 g/mol. The van der Waals surface area contributed by atoms with Gasteiger partial charge in [-0.15, -0.1) is 10.2 Å². The Hall–Kier alpha value is -3.00. The molecule has 2 aromatic heterocycles. The number of hydrogen-bond donors (Lipinski definition) is 0. The van der Waals surface area contributed by atoms with Gasteiger partial charge < -0.3 is 9.64 Å². The fourth-order valence-corrected chi connectivity index (χ4v) is 3.00. The molecule has 0 N–H and O–H groups in total. The van der Waals surface area contributed by atoms with E-state index in [0.717, 1.165) is 43.3 Å². The molecule has 0 bridgehead atoms. The van der Waals surface area contributed by atoms with Crippen LogP contribution in [0.1, 0.15) is 17.0 Å². The minimum Gasteiger partial charge on any atom is -0.378 e. The summed E-state index contributed by atoms with van der Waals surface area (Å²) in [5.74, 6) is 0.566. The summed E-state index contributed by atoms with van der Waals surface area (Å²) in [6, 6.07) is 10.3. The van der Waals surface area contributed by atoms with E-state index in [1.165, 1.54) is 5.69 Å². The fourth-order valence-electron chi connectivity index (χ4n) is 3.00. The molecule has 1 fully saturated rings. The number of anilines is 1. The Kier molecular flexibility index (Phi) is 4.49. The van der Waals surface area contributed by atoms with Crippen molar-refractivity contribution in [3.63, 3.8) is 0 Å². The van der Waals surface area contributed by atoms with Gasteiger partial charge in [-0.2, -0.15) is 14.9 Å². The lowest BCUT2D eigenvalue weighted by atomic mass is 10.2. The highest BCUT2D eigenvalue weighted by molar-refractivity contribution is 5.80. The SMILES string of the molecule is Cc1cc(C)n(-c2nncn2/N=C\c2ccc(N3CCOCC3)cc2)n1. The third kappa shape index (κ3) is 3.36.